The van der Waals surface area contributed by atoms with Crippen LogP contribution < -0.4 is 0 Å². The van der Waals surface area contributed by atoms with Crippen LogP contribution in [0.4, 0.5) is 0 Å². The molecule has 1 heterocycles. The number of hydrogen-bond donors (Lipinski definition) is 1. The zero-order valence-electron chi connectivity index (χ0n) is 9.03. The average molecular weight is 200 g/mol. The van der Waals surface area contributed by atoms with Crippen molar-refractivity contribution in [3.8, 4) is 0 Å². The van der Waals surface area contributed by atoms with Gasteiger partial charge in [-0.2, -0.15) is 0 Å². The van der Waals surface area contributed by atoms with Gasteiger partial charge >= 0.3 is 0 Å². The maximum Gasteiger partial charge on any atom is 0.170 e. The van der Waals surface area contributed by atoms with Crippen molar-refractivity contribution in [3.05, 3.63) is 12.2 Å². The first-order valence-corrected chi connectivity index (χ1v) is 5.21. The number of rotatable bonds is 4. The molecule has 82 valence electrons. The van der Waals surface area contributed by atoms with Gasteiger partial charge in [0.25, 0.3) is 0 Å². The van der Waals surface area contributed by atoms with Crippen molar-refractivity contribution in [1.29, 1.82) is 0 Å². The summed E-state index contributed by atoms with van der Waals surface area (Å²) in [6.07, 6.45) is 6.86. The molecular weight excluding hydrogens is 180 g/mol. The third kappa shape index (κ3) is 3.08. The summed E-state index contributed by atoms with van der Waals surface area (Å²) in [4.78, 5) is 0. The van der Waals surface area contributed by atoms with Gasteiger partial charge in [-0.3, -0.25) is 0 Å². The second kappa shape index (κ2) is 5.49. The fourth-order valence-electron chi connectivity index (χ4n) is 1.79. The molecule has 1 aliphatic heterocycles. The van der Waals surface area contributed by atoms with E-state index in [4.69, 9.17) is 9.47 Å². The molecule has 2 atom stereocenters. The summed E-state index contributed by atoms with van der Waals surface area (Å²) < 4.78 is 11.0. The molecule has 0 aromatic carbocycles. The van der Waals surface area contributed by atoms with Crippen LogP contribution in [0, 0.1) is 0 Å². The van der Waals surface area contributed by atoms with Gasteiger partial charge in [0.05, 0.1) is 12.7 Å². The Bertz CT molecular complexity index is 191. The molecule has 3 heteroatoms. The van der Waals surface area contributed by atoms with Crippen molar-refractivity contribution in [3.63, 3.8) is 0 Å². The highest BCUT2D eigenvalue weighted by Gasteiger charge is 2.36. The summed E-state index contributed by atoms with van der Waals surface area (Å²) in [5.74, 6) is -0.558. The van der Waals surface area contributed by atoms with Gasteiger partial charge in [-0.05, 0) is 19.8 Å². The lowest BCUT2D eigenvalue weighted by Crippen LogP contribution is -2.43. The minimum atomic E-state index is -0.558. The monoisotopic (exact) mass is 200 g/mol. The zero-order valence-corrected chi connectivity index (χ0v) is 9.03. The molecule has 0 amide bonds. The first-order valence-electron chi connectivity index (χ1n) is 5.21. The molecule has 3 nitrogen and oxygen atoms in total. The molecule has 1 saturated heterocycles. The highest BCUT2D eigenvalue weighted by molar-refractivity contribution is 4.84. The van der Waals surface area contributed by atoms with E-state index in [0.717, 1.165) is 12.8 Å². The lowest BCUT2D eigenvalue weighted by molar-refractivity contribution is -0.262. The van der Waals surface area contributed by atoms with Crippen LogP contribution >= 0.6 is 0 Å². The van der Waals surface area contributed by atoms with Crippen molar-refractivity contribution in [2.45, 2.75) is 44.5 Å². The largest absolute Gasteiger partial charge is 0.393 e. The summed E-state index contributed by atoms with van der Waals surface area (Å²) >= 11 is 0. The molecule has 0 saturated carbocycles. The van der Waals surface area contributed by atoms with E-state index < -0.39 is 5.79 Å². The van der Waals surface area contributed by atoms with E-state index in [2.05, 4.69) is 6.08 Å². The summed E-state index contributed by atoms with van der Waals surface area (Å²) in [5.41, 5.74) is 0. The van der Waals surface area contributed by atoms with Crippen LogP contribution in [0.3, 0.4) is 0 Å². The lowest BCUT2D eigenvalue weighted by atomic mass is 9.98. The Labute approximate surface area is 85.7 Å². The van der Waals surface area contributed by atoms with Gasteiger partial charge in [-0.1, -0.05) is 12.2 Å². The van der Waals surface area contributed by atoms with Crippen molar-refractivity contribution < 1.29 is 14.6 Å². The summed E-state index contributed by atoms with van der Waals surface area (Å²) in [5, 5.41) is 9.55. The zero-order chi connectivity index (χ0) is 10.4. The topological polar surface area (TPSA) is 38.7 Å². The minimum Gasteiger partial charge on any atom is -0.393 e. The van der Waals surface area contributed by atoms with Gasteiger partial charge in [0.2, 0.25) is 0 Å². The number of allylic oxidation sites excluding steroid dienone is 2. The standard InChI is InChI=1S/C11H20O3/c1-3-4-5-7-11(13-2)9-10(12)6-8-14-11/h3-4,10,12H,5-9H2,1-2H3/b4-3+/t10-,11+/m0/s1. The highest BCUT2D eigenvalue weighted by atomic mass is 16.7. The molecule has 14 heavy (non-hydrogen) atoms. The van der Waals surface area contributed by atoms with E-state index in [1.807, 2.05) is 13.0 Å². The Kier molecular flexibility index (Phi) is 4.58. The Balaban J connectivity index is 2.47. The van der Waals surface area contributed by atoms with Crippen LogP contribution in [0.25, 0.3) is 0 Å². The molecule has 0 aliphatic carbocycles. The molecule has 0 radical (unpaired) electrons. The maximum absolute atomic E-state index is 9.55. The summed E-state index contributed by atoms with van der Waals surface area (Å²) in [6, 6.07) is 0. The molecular formula is C11H20O3. The Morgan fingerprint density at radius 3 is 3.00 bits per heavy atom. The molecule has 1 rings (SSSR count). The van der Waals surface area contributed by atoms with Crippen LogP contribution in [0.5, 0.6) is 0 Å². The van der Waals surface area contributed by atoms with Crippen LogP contribution in [0.15, 0.2) is 12.2 Å². The van der Waals surface area contributed by atoms with E-state index in [1.54, 1.807) is 7.11 Å². The van der Waals surface area contributed by atoms with Gasteiger partial charge in [-0.15, -0.1) is 0 Å². The molecule has 0 bridgehead atoms. The first-order chi connectivity index (χ1) is 6.72. The second-order valence-electron chi connectivity index (χ2n) is 3.72. The van der Waals surface area contributed by atoms with Crippen LogP contribution in [0.1, 0.15) is 32.6 Å². The minimum absolute atomic E-state index is 0.283. The number of methoxy groups -OCH3 is 1. The van der Waals surface area contributed by atoms with E-state index in [0.29, 0.717) is 19.4 Å². The van der Waals surface area contributed by atoms with Gasteiger partial charge in [0, 0.05) is 20.0 Å². The molecule has 0 aromatic rings. The van der Waals surface area contributed by atoms with Crippen LogP contribution in [-0.2, 0) is 9.47 Å². The molecule has 1 N–H and O–H groups in total. The van der Waals surface area contributed by atoms with Crippen molar-refractivity contribution >= 4 is 0 Å². The third-order valence-electron chi connectivity index (χ3n) is 2.66. The average Bonchev–Trinajstić information content (AvgIpc) is 2.18. The van der Waals surface area contributed by atoms with E-state index >= 15 is 0 Å². The maximum atomic E-state index is 9.55. The Morgan fingerprint density at radius 1 is 1.64 bits per heavy atom. The SMILES string of the molecule is C/C=C/CC[C@]1(OC)C[C@@H](O)CCO1. The lowest BCUT2D eigenvalue weighted by Gasteiger charge is -2.38. The summed E-state index contributed by atoms with van der Waals surface area (Å²) in [6.45, 7) is 2.58. The fraction of sp³-hybridized carbons (Fsp3) is 0.818. The predicted octanol–water partition coefficient (Wildman–Crippen LogP) is 1.86. The van der Waals surface area contributed by atoms with Gasteiger partial charge in [0.1, 0.15) is 0 Å². The van der Waals surface area contributed by atoms with Crippen LogP contribution in [0.2, 0.25) is 0 Å². The predicted molar refractivity (Wildman–Crippen MR) is 55.0 cm³/mol. The molecule has 0 spiro atoms. The normalized spacial score (nSPS) is 33.8. The third-order valence-corrected chi connectivity index (χ3v) is 2.66. The van der Waals surface area contributed by atoms with Gasteiger partial charge < -0.3 is 14.6 Å². The molecule has 1 fully saturated rings. The molecule has 0 aromatic heterocycles. The Morgan fingerprint density at radius 2 is 2.43 bits per heavy atom. The van der Waals surface area contributed by atoms with Gasteiger partial charge in [-0.25, -0.2) is 0 Å². The fourth-order valence-corrected chi connectivity index (χ4v) is 1.79. The number of hydrogen-bond acceptors (Lipinski definition) is 3. The number of ether oxygens (including phenoxy) is 2. The Hall–Kier alpha value is -0.380. The number of aliphatic hydroxyl groups excluding tert-OH is 1. The second-order valence-corrected chi connectivity index (χ2v) is 3.72. The summed E-state index contributed by atoms with van der Waals surface area (Å²) in [7, 11) is 1.65. The van der Waals surface area contributed by atoms with Crippen molar-refractivity contribution in [1.82, 2.24) is 0 Å². The van der Waals surface area contributed by atoms with E-state index in [-0.39, 0.29) is 6.10 Å². The van der Waals surface area contributed by atoms with Crippen molar-refractivity contribution in [2.75, 3.05) is 13.7 Å². The quantitative estimate of drug-likeness (QED) is 0.704. The number of aliphatic hydroxyl groups is 1. The first kappa shape index (κ1) is 11.7. The molecule has 1 aliphatic rings. The smallest absolute Gasteiger partial charge is 0.170 e. The van der Waals surface area contributed by atoms with Crippen molar-refractivity contribution in [2.24, 2.45) is 0 Å². The van der Waals surface area contributed by atoms with Gasteiger partial charge in [0.15, 0.2) is 5.79 Å². The molecule has 0 unspecified atom stereocenters. The van der Waals surface area contributed by atoms with E-state index in [1.165, 1.54) is 0 Å². The van der Waals surface area contributed by atoms with Crippen LogP contribution in [-0.4, -0.2) is 30.7 Å². The van der Waals surface area contributed by atoms with E-state index in [9.17, 15) is 5.11 Å². The highest BCUT2D eigenvalue weighted by Crippen LogP contribution is 2.30.